The maximum absolute atomic E-state index is 12.8. The minimum absolute atomic E-state index is 0.327. The number of hydrogen-bond donors (Lipinski definition) is 1. The molecular weight excluding hydrogens is 380 g/mol. The Labute approximate surface area is 144 Å². The van der Waals surface area contributed by atoms with Crippen LogP contribution in [0.1, 0.15) is 17.8 Å². The minimum Gasteiger partial charge on any atom is -0.480 e. The summed E-state index contributed by atoms with van der Waals surface area (Å²) < 4.78 is 2.12. The highest BCUT2D eigenvalue weighted by atomic mass is 79.9. The number of rotatable bonds is 3. The van der Waals surface area contributed by atoms with Gasteiger partial charge in [-0.25, -0.2) is 9.78 Å². The number of fused-ring (bicyclic) bond motifs is 1. The van der Waals surface area contributed by atoms with Crippen LogP contribution < -0.4 is 5.56 Å². The molecule has 0 aliphatic rings. The summed E-state index contributed by atoms with van der Waals surface area (Å²) in [5.41, 5.74) is 1.41. The summed E-state index contributed by atoms with van der Waals surface area (Å²) in [6, 6.07) is 6.71. The zero-order valence-corrected chi connectivity index (χ0v) is 14.8. The predicted molar refractivity (Wildman–Crippen MR) is 94.1 cm³/mol. The molecule has 5 nitrogen and oxygen atoms in total. The Morgan fingerprint density at radius 1 is 1.35 bits per heavy atom. The number of aromatic nitrogens is 2. The lowest BCUT2D eigenvalue weighted by Crippen LogP contribution is -2.28. The lowest BCUT2D eigenvalue weighted by molar-refractivity contribution is -0.140. The normalized spacial score (nSPS) is 12.5. The van der Waals surface area contributed by atoms with Crippen LogP contribution >= 0.6 is 27.3 Å². The summed E-state index contributed by atoms with van der Waals surface area (Å²) in [6.07, 6.45) is 1.31. The van der Waals surface area contributed by atoms with Crippen molar-refractivity contribution in [3.8, 4) is 11.1 Å². The minimum atomic E-state index is -1.06. The van der Waals surface area contributed by atoms with Gasteiger partial charge in [0.15, 0.2) is 0 Å². The molecule has 2 aromatic heterocycles. The van der Waals surface area contributed by atoms with Gasteiger partial charge in [-0.2, -0.15) is 0 Å². The Balaban J connectivity index is 2.32. The second-order valence-electron chi connectivity index (χ2n) is 5.19. The second-order valence-corrected chi connectivity index (χ2v) is 7.31. The predicted octanol–water partition coefficient (Wildman–Crippen LogP) is 3.84. The van der Waals surface area contributed by atoms with Crippen molar-refractivity contribution in [3.05, 3.63) is 50.3 Å². The van der Waals surface area contributed by atoms with E-state index in [1.807, 2.05) is 31.2 Å². The van der Waals surface area contributed by atoms with Gasteiger partial charge in [0.05, 0.1) is 11.7 Å². The monoisotopic (exact) mass is 392 g/mol. The van der Waals surface area contributed by atoms with Gasteiger partial charge in [0, 0.05) is 14.9 Å². The number of carboxylic acid groups (broad SMARTS) is 1. The van der Waals surface area contributed by atoms with E-state index in [9.17, 15) is 9.59 Å². The maximum Gasteiger partial charge on any atom is 0.326 e. The molecule has 0 unspecified atom stereocenters. The number of carboxylic acids is 1. The molecule has 0 saturated carbocycles. The molecule has 0 amide bonds. The van der Waals surface area contributed by atoms with E-state index < -0.39 is 12.0 Å². The highest BCUT2D eigenvalue weighted by molar-refractivity contribution is 9.10. The number of hydrogen-bond acceptors (Lipinski definition) is 4. The maximum atomic E-state index is 12.8. The Kier molecular flexibility index (Phi) is 4.08. The zero-order chi connectivity index (χ0) is 16.7. The van der Waals surface area contributed by atoms with E-state index in [-0.39, 0.29) is 5.56 Å². The van der Waals surface area contributed by atoms with E-state index >= 15 is 0 Å². The van der Waals surface area contributed by atoms with Crippen LogP contribution in [0.25, 0.3) is 21.3 Å². The van der Waals surface area contributed by atoms with Crippen LogP contribution in [-0.4, -0.2) is 20.6 Å². The van der Waals surface area contributed by atoms with E-state index in [0.29, 0.717) is 10.2 Å². The van der Waals surface area contributed by atoms with E-state index in [0.717, 1.165) is 20.5 Å². The van der Waals surface area contributed by atoms with E-state index in [2.05, 4.69) is 20.9 Å². The molecule has 23 heavy (non-hydrogen) atoms. The Bertz CT molecular complexity index is 960. The molecule has 3 aromatic rings. The van der Waals surface area contributed by atoms with Crippen molar-refractivity contribution in [1.82, 2.24) is 9.55 Å². The third-order valence-electron chi connectivity index (χ3n) is 3.72. The fourth-order valence-corrected chi connectivity index (χ4v) is 3.74. The first-order valence-corrected chi connectivity index (χ1v) is 8.50. The quantitative estimate of drug-likeness (QED) is 0.734. The van der Waals surface area contributed by atoms with Crippen LogP contribution in [0.15, 0.2) is 39.9 Å². The number of aliphatic carboxylic acids is 1. The molecule has 118 valence electrons. The third kappa shape index (κ3) is 2.70. The van der Waals surface area contributed by atoms with Crippen molar-refractivity contribution in [1.29, 1.82) is 0 Å². The molecule has 0 spiro atoms. The second kappa shape index (κ2) is 5.90. The largest absolute Gasteiger partial charge is 0.480 e. The summed E-state index contributed by atoms with van der Waals surface area (Å²) in [5.74, 6) is -1.06. The number of carbonyl (C=O) groups is 1. The van der Waals surface area contributed by atoms with Gasteiger partial charge in [0.25, 0.3) is 5.56 Å². The molecule has 1 atom stereocenters. The number of benzene rings is 1. The van der Waals surface area contributed by atoms with E-state index in [4.69, 9.17) is 5.11 Å². The number of aryl methyl sites for hydroxylation is 1. The van der Waals surface area contributed by atoms with Gasteiger partial charge in [-0.1, -0.05) is 28.1 Å². The summed E-state index contributed by atoms with van der Waals surface area (Å²) >= 11 is 4.83. The number of nitrogens with zero attached hydrogens (tertiary/aromatic N) is 2. The van der Waals surface area contributed by atoms with Crippen LogP contribution in [0.4, 0.5) is 0 Å². The average Bonchev–Trinajstić information content (AvgIpc) is 2.85. The van der Waals surface area contributed by atoms with E-state index in [1.165, 1.54) is 29.2 Å². The first-order valence-electron chi connectivity index (χ1n) is 6.89. The highest BCUT2D eigenvalue weighted by Gasteiger charge is 2.21. The van der Waals surface area contributed by atoms with Gasteiger partial charge < -0.3 is 5.11 Å². The molecule has 0 fully saturated rings. The molecular formula is C16H13BrN2O3S. The summed E-state index contributed by atoms with van der Waals surface area (Å²) in [7, 11) is 0. The topological polar surface area (TPSA) is 72.2 Å². The number of halogens is 1. The molecule has 2 heterocycles. The van der Waals surface area contributed by atoms with Crippen molar-refractivity contribution in [2.75, 3.05) is 0 Å². The molecule has 1 aromatic carbocycles. The molecule has 0 radical (unpaired) electrons. The van der Waals surface area contributed by atoms with Crippen molar-refractivity contribution >= 4 is 43.5 Å². The first-order chi connectivity index (χ1) is 10.9. The smallest absolute Gasteiger partial charge is 0.326 e. The number of thiophene rings is 1. The van der Waals surface area contributed by atoms with Crippen LogP contribution in [0.3, 0.4) is 0 Å². The lowest BCUT2D eigenvalue weighted by Gasteiger charge is -2.10. The summed E-state index contributed by atoms with van der Waals surface area (Å²) in [5, 5.41) is 9.64. The lowest BCUT2D eigenvalue weighted by atomic mass is 10.0. The van der Waals surface area contributed by atoms with Gasteiger partial charge in [-0.05, 0) is 31.5 Å². The fraction of sp³-hybridized carbons (Fsp3) is 0.188. The molecule has 0 aliphatic carbocycles. The fourth-order valence-electron chi connectivity index (χ4n) is 2.47. The Hall–Kier alpha value is -1.99. The van der Waals surface area contributed by atoms with Crippen LogP contribution in [-0.2, 0) is 4.79 Å². The van der Waals surface area contributed by atoms with Gasteiger partial charge in [0.2, 0.25) is 0 Å². The zero-order valence-electron chi connectivity index (χ0n) is 12.4. The highest BCUT2D eigenvalue weighted by Crippen LogP contribution is 2.36. The molecule has 3 rings (SSSR count). The Morgan fingerprint density at radius 2 is 2.00 bits per heavy atom. The van der Waals surface area contributed by atoms with Crippen molar-refractivity contribution in [3.63, 3.8) is 0 Å². The van der Waals surface area contributed by atoms with Crippen molar-refractivity contribution in [2.45, 2.75) is 19.9 Å². The van der Waals surface area contributed by atoms with Gasteiger partial charge in [-0.3, -0.25) is 9.36 Å². The van der Waals surface area contributed by atoms with E-state index in [1.54, 1.807) is 0 Å². The molecule has 7 heteroatoms. The standard InChI is InChI=1S/C16H13BrN2O3S/c1-8(16(21)22)19-7-18-14-13(15(19)20)12(9(2)23-14)10-3-5-11(17)6-4-10/h3-8H,1-2H3,(H,21,22)/t8-/m0/s1. The van der Waals surface area contributed by atoms with Crippen molar-refractivity contribution < 1.29 is 9.90 Å². The third-order valence-corrected chi connectivity index (χ3v) is 5.26. The molecule has 0 aliphatic heterocycles. The summed E-state index contributed by atoms with van der Waals surface area (Å²) in [4.78, 5) is 29.9. The van der Waals surface area contributed by atoms with Gasteiger partial charge in [-0.15, -0.1) is 11.3 Å². The first kappa shape index (κ1) is 15.9. The molecule has 1 N–H and O–H groups in total. The molecule has 0 bridgehead atoms. The average molecular weight is 393 g/mol. The molecule has 0 saturated heterocycles. The van der Waals surface area contributed by atoms with Crippen LogP contribution in [0.2, 0.25) is 0 Å². The van der Waals surface area contributed by atoms with Crippen LogP contribution in [0, 0.1) is 6.92 Å². The Morgan fingerprint density at radius 3 is 2.61 bits per heavy atom. The van der Waals surface area contributed by atoms with Crippen molar-refractivity contribution in [2.24, 2.45) is 0 Å². The SMILES string of the molecule is Cc1sc2ncn([C@@H](C)C(=O)O)c(=O)c2c1-c1ccc(Br)cc1. The summed E-state index contributed by atoms with van der Waals surface area (Å²) in [6.45, 7) is 3.41. The van der Waals surface area contributed by atoms with Gasteiger partial charge >= 0.3 is 5.97 Å². The van der Waals surface area contributed by atoms with Crippen LogP contribution in [0.5, 0.6) is 0 Å². The van der Waals surface area contributed by atoms with Gasteiger partial charge in [0.1, 0.15) is 10.9 Å².